The Kier molecular flexibility index (Phi) is 4.93. The number of benzene rings is 1. The fourth-order valence-corrected chi connectivity index (χ4v) is 3.23. The number of furan rings is 1. The van der Waals surface area contributed by atoms with Gasteiger partial charge in [-0.25, -0.2) is 0 Å². The summed E-state index contributed by atoms with van der Waals surface area (Å²) in [6.07, 6.45) is 8.22. The molecule has 1 N–H and O–H groups in total. The van der Waals surface area contributed by atoms with E-state index in [1.807, 2.05) is 42.1 Å². The van der Waals surface area contributed by atoms with Crippen LogP contribution in [0, 0.1) is 13.8 Å². The number of nitrogens with zero attached hydrogens (tertiary/aromatic N) is 3. The second-order valence-electron chi connectivity index (χ2n) is 6.94. The minimum absolute atomic E-state index is 0.111. The summed E-state index contributed by atoms with van der Waals surface area (Å²) in [5, 5.41) is 8.28. The van der Waals surface area contributed by atoms with Gasteiger partial charge in [-0.1, -0.05) is 12.1 Å². The average Bonchev–Trinajstić information content (AvgIpc) is 3.31. The van der Waals surface area contributed by atoms with E-state index in [4.69, 9.17) is 4.42 Å². The van der Waals surface area contributed by atoms with Crippen LogP contribution in [-0.2, 0) is 24.2 Å². The number of rotatable bonds is 6. The number of hydrogen-bond donors (Lipinski definition) is 1. The zero-order chi connectivity index (χ0) is 19.5. The van der Waals surface area contributed by atoms with E-state index in [0.29, 0.717) is 5.82 Å². The van der Waals surface area contributed by atoms with Crippen LogP contribution >= 0.6 is 0 Å². The van der Waals surface area contributed by atoms with E-state index in [1.54, 1.807) is 18.7 Å². The van der Waals surface area contributed by atoms with E-state index in [2.05, 4.69) is 28.4 Å². The Morgan fingerprint density at radius 1 is 1.14 bits per heavy atom. The lowest BCUT2D eigenvalue weighted by molar-refractivity contribution is -0.115. The van der Waals surface area contributed by atoms with Gasteiger partial charge in [0.05, 0.1) is 12.7 Å². The molecule has 3 aromatic heterocycles. The molecule has 0 saturated heterocycles. The maximum absolute atomic E-state index is 12.5. The molecule has 0 bridgehead atoms. The zero-order valence-corrected chi connectivity index (χ0v) is 16.0. The number of fused-ring (bicyclic) bond motifs is 1. The van der Waals surface area contributed by atoms with Crippen molar-refractivity contribution in [1.29, 1.82) is 0 Å². The molecule has 0 saturated carbocycles. The number of aromatic nitrogens is 3. The third-order valence-electron chi connectivity index (χ3n) is 4.98. The van der Waals surface area contributed by atoms with E-state index in [-0.39, 0.29) is 12.3 Å². The number of carbonyl (C=O) groups excluding carboxylic acids is 1. The van der Waals surface area contributed by atoms with E-state index < -0.39 is 0 Å². The number of anilines is 1. The van der Waals surface area contributed by atoms with Gasteiger partial charge in [-0.15, -0.1) is 0 Å². The van der Waals surface area contributed by atoms with Crippen LogP contribution in [0.4, 0.5) is 5.82 Å². The first-order valence-corrected chi connectivity index (χ1v) is 9.28. The van der Waals surface area contributed by atoms with Gasteiger partial charge in [-0.2, -0.15) is 5.10 Å². The van der Waals surface area contributed by atoms with Gasteiger partial charge in [0, 0.05) is 42.2 Å². The SMILES string of the molecule is Cc1ccc2c(CC(=O)Nc3ccn(CCc4ccncc4)n3)coc2c1C. The molecule has 3 heterocycles. The first-order chi connectivity index (χ1) is 13.6. The largest absolute Gasteiger partial charge is 0.464 e. The molecule has 1 aromatic carbocycles. The van der Waals surface area contributed by atoms with Gasteiger partial charge in [-0.05, 0) is 49.1 Å². The van der Waals surface area contributed by atoms with Crippen molar-refractivity contribution >= 4 is 22.7 Å². The molecule has 6 nitrogen and oxygen atoms in total. The van der Waals surface area contributed by atoms with E-state index in [0.717, 1.165) is 35.1 Å². The summed E-state index contributed by atoms with van der Waals surface area (Å²) in [6.45, 7) is 4.82. The summed E-state index contributed by atoms with van der Waals surface area (Å²) in [5.74, 6) is 0.444. The van der Waals surface area contributed by atoms with Crippen LogP contribution in [0.1, 0.15) is 22.3 Å². The molecule has 142 valence electrons. The first-order valence-electron chi connectivity index (χ1n) is 9.28. The molecule has 28 heavy (non-hydrogen) atoms. The Balaban J connectivity index is 1.38. The van der Waals surface area contributed by atoms with Crippen molar-refractivity contribution in [2.45, 2.75) is 33.2 Å². The van der Waals surface area contributed by atoms with Crippen molar-refractivity contribution in [2.75, 3.05) is 5.32 Å². The number of hydrogen-bond acceptors (Lipinski definition) is 4. The fraction of sp³-hybridized carbons (Fsp3) is 0.227. The molecule has 1 amide bonds. The number of carbonyl (C=O) groups is 1. The number of aryl methyl sites for hydroxylation is 4. The molecule has 0 aliphatic carbocycles. The molecule has 0 aliphatic heterocycles. The number of nitrogens with one attached hydrogen (secondary N) is 1. The molecule has 0 aliphatic rings. The van der Waals surface area contributed by atoms with Gasteiger partial charge in [0.25, 0.3) is 0 Å². The lowest BCUT2D eigenvalue weighted by Crippen LogP contribution is -2.15. The van der Waals surface area contributed by atoms with E-state index >= 15 is 0 Å². The van der Waals surface area contributed by atoms with Crippen molar-refractivity contribution in [2.24, 2.45) is 0 Å². The predicted octanol–water partition coefficient (Wildman–Crippen LogP) is 4.07. The Morgan fingerprint density at radius 2 is 1.96 bits per heavy atom. The third kappa shape index (κ3) is 3.81. The molecule has 0 atom stereocenters. The Bertz CT molecular complexity index is 1110. The fourth-order valence-electron chi connectivity index (χ4n) is 3.23. The van der Waals surface area contributed by atoms with Crippen LogP contribution in [0.3, 0.4) is 0 Å². The van der Waals surface area contributed by atoms with Crippen LogP contribution < -0.4 is 5.32 Å². The average molecular weight is 374 g/mol. The van der Waals surface area contributed by atoms with Crippen molar-refractivity contribution < 1.29 is 9.21 Å². The van der Waals surface area contributed by atoms with Crippen molar-refractivity contribution in [1.82, 2.24) is 14.8 Å². The van der Waals surface area contributed by atoms with E-state index in [1.165, 1.54) is 11.1 Å². The maximum Gasteiger partial charge on any atom is 0.230 e. The molecule has 0 spiro atoms. The van der Waals surface area contributed by atoms with Crippen LogP contribution in [0.15, 0.2) is 59.6 Å². The Morgan fingerprint density at radius 3 is 2.79 bits per heavy atom. The summed E-state index contributed by atoms with van der Waals surface area (Å²) in [5.41, 5.74) is 5.22. The quantitative estimate of drug-likeness (QED) is 0.552. The normalized spacial score (nSPS) is 11.1. The highest BCUT2D eigenvalue weighted by atomic mass is 16.3. The van der Waals surface area contributed by atoms with Crippen molar-refractivity contribution in [3.63, 3.8) is 0 Å². The summed E-state index contributed by atoms with van der Waals surface area (Å²) in [4.78, 5) is 16.5. The predicted molar refractivity (Wildman–Crippen MR) is 108 cm³/mol. The van der Waals surface area contributed by atoms with E-state index in [9.17, 15) is 4.79 Å². The summed E-state index contributed by atoms with van der Waals surface area (Å²) >= 11 is 0. The highest BCUT2D eigenvalue weighted by Gasteiger charge is 2.13. The van der Waals surface area contributed by atoms with Crippen LogP contribution in [0.2, 0.25) is 0 Å². The second-order valence-corrected chi connectivity index (χ2v) is 6.94. The highest BCUT2D eigenvalue weighted by Crippen LogP contribution is 2.26. The minimum atomic E-state index is -0.111. The van der Waals surface area contributed by atoms with Gasteiger partial charge < -0.3 is 9.73 Å². The minimum Gasteiger partial charge on any atom is -0.464 e. The van der Waals surface area contributed by atoms with Gasteiger partial charge in [0.2, 0.25) is 5.91 Å². The molecule has 0 fully saturated rings. The highest BCUT2D eigenvalue weighted by molar-refractivity contribution is 5.95. The molecule has 6 heteroatoms. The number of pyridine rings is 1. The van der Waals surface area contributed by atoms with Gasteiger partial charge in [0.1, 0.15) is 5.58 Å². The van der Waals surface area contributed by atoms with Crippen molar-refractivity contribution in [3.8, 4) is 0 Å². The smallest absolute Gasteiger partial charge is 0.230 e. The lowest BCUT2D eigenvalue weighted by Gasteiger charge is -2.03. The second kappa shape index (κ2) is 7.68. The molecule has 4 aromatic rings. The maximum atomic E-state index is 12.5. The molecule has 4 rings (SSSR count). The van der Waals surface area contributed by atoms with Crippen molar-refractivity contribution in [3.05, 3.63) is 77.4 Å². The van der Waals surface area contributed by atoms with Crippen LogP contribution in [0.5, 0.6) is 0 Å². The molecular weight excluding hydrogens is 352 g/mol. The standard InChI is InChI=1S/C22H22N4O2/c1-15-3-4-19-18(14-28-22(19)16(15)2)13-21(27)24-20-8-12-26(25-20)11-7-17-5-9-23-10-6-17/h3-6,8-10,12,14H,7,11,13H2,1-2H3,(H,24,25,27). The summed E-state index contributed by atoms with van der Waals surface area (Å²) < 4.78 is 7.51. The monoisotopic (exact) mass is 374 g/mol. The summed E-state index contributed by atoms with van der Waals surface area (Å²) in [7, 11) is 0. The third-order valence-corrected chi connectivity index (χ3v) is 4.98. The number of amides is 1. The molecular formula is C22H22N4O2. The van der Waals surface area contributed by atoms with Gasteiger partial charge in [0.15, 0.2) is 5.82 Å². The van der Waals surface area contributed by atoms with Gasteiger partial charge in [-0.3, -0.25) is 14.5 Å². The molecule has 0 radical (unpaired) electrons. The topological polar surface area (TPSA) is 73.0 Å². The molecule has 0 unspecified atom stereocenters. The van der Waals surface area contributed by atoms with Gasteiger partial charge >= 0.3 is 0 Å². The Hall–Kier alpha value is -3.41. The zero-order valence-electron chi connectivity index (χ0n) is 16.0. The van der Waals surface area contributed by atoms with Crippen LogP contribution in [-0.4, -0.2) is 20.7 Å². The first kappa shape index (κ1) is 18.0. The lowest BCUT2D eigenvalue weighted by atomic mass is 10.0. The summed E-state index contributed by atoms with van der Waals surface area (Å²) in [6, 6.07) is 9.86. The van der Waals surface area contributed by atoms with Crippen LogP contribution in [0.25, 0.3) is 11.0 Å². The Labute approximate surface area is 163 Å².